The van der Waals surface area contributed by atoms with E-state index in [0.717, 1.165) is 12.8 Å². The minimum Gasteiger partial charge on any atom is -0.356 e. The van der Waals surface area contributed by atoms with Crippen molar-refractivity contribution in [3.63, 3.8) is 0 Å². The molecule has 2 rings (SSSR count). The zero-order chi connectivity index (χ0) is 11.8. The highest BCUT2D eigenvalue weighted by molar-refractivity contribution is 7.91. The van der Waals surface area contributed by atoms with E-state index in [1.165, 1.54) is 12.8 Å². The molecule has 1 aliphatic carbocycles. The first-order valence-corrected chi connectivity index (χ1v) is 7.87. The van der Waals surface area contributed by atoms with Gasteiger partial charge in [0.1, 0.15) is 0 Å². The molecule has 4 nitrogen and oxygen atoms in total. The lowest BCUT2D eigenvalue weighted by atomic mass is 10.1. The van der Waals surface area contributed by atoms with Crippen molar-refractivity contribution in [2.24, 2.45) is 5.92 Å². The summed E-state index contributed by atoms with van der Waals surface area (Å²) in [6, 6.07) is -0.0214. The van der Waals surface area contributed by atoms with Gasteiger partial charge in [-0.05, 0) is 19.8 Å². The minimum absolute atomic E-state index is 0.0214. The third-order valence-electron chi connectivity index (χ3n) is 3.72. The molecule has 0 radical (unpaired) electrons. The smallest absolute Gasteiger partial charge is 0.154 e. The maximum Gasteiger partial charge on any atom is 0.154 e. The fourth-order valence-corrected chi connectivity index (χ4v) is 4.35. The summed E-state index contributed by atoms with van der Waals surface area (Å²) in [6.45, 7) is 2.43. The van der Waals surface area contributed by atoms with Gasteiger partial charge in [0.05, 0.1) is 17.3 Å². The van der Waals surface area contributed by atoms with E-state index in [1.807, 2.05) is 11.8 Å². The van der Waals surface area contributed by atoms with E-state index in [1.54, 1.807) is 0 Å². The summed E-state index contributed by atoms with van der Waals surface area (Å²) in [5, 5.41) is 8.17. The third-order valence-corrected chi connectivity index (χ3v) is 5.52. The average Bonchev–Trinajstić information content (AvgIpc) is 2.68. The SMILES string of the molecule is CC1CS(=O)(=O)CCN1C(=N)C1CCCC1. The first-order valence-electron chi connectivity index (χ1n) is 6.05. The fraction of sp³-hybridized carbons (Fsp3) is 0.909. The third kappa shape index (κ3) is 2.39. The molecule has 0 aromatic heterocycles. The monoisotopic (exact) mass is 244 g/mol. The quantitative estimate of drug-likeness (QED) is 0.558. The molecule has 16 heavy (non-hydrogen) atoms. The van der Waals surface area contributed by atoms with Gasteiger partial charge in [-0.2, -0.15) is 0 Å². The largest absolute Gasteiger partial charge is 0.356 e. The van der Waals surface area contributed by atoms with Crippen molar-refractivity contribution in [1.82, 2.24) is 4.90 Å². The van der Waals surface area contributed by atoms with Gasteiger partial charge in [-0.3, -0.25) is 5.41 Å². The molecular formula is C11H20N2O2S. The molecule has 2 fully saturated rings. The maximum atomic E-state index is 11.5. The molecular weight excluding hydrogens is 224 g/mol. The number of hydrogen-bond donors (Lipinski definition) is 1. The van der Waals surface area contributed by atoms with E-state index in [2.05, 4.69) is 0 Å². The number of rotatable bonds is 1. The summed E-state index contributed by atoms with van der Waals surface area (Å²) in [6.07, 6.45) is 4.64. The Kier molecular flexibility index (Phi) is 3.24. The molecule has 1 saturated carbocycles. The number of hydrogen-bond acceptors (Lipinski definition) is 3. The molecule has 1 atom stereocenters. The fourth-order valence-electron chi connectivity index (χ4n) is 2.79. The second kappa shape index (κ2) is 4.35. The van der Waals surface area contributed by atoms with Crippen LogP contribution >= 0.6 is 0 Å². The highest BCUT2D eigenvalue weighted by Gasteiger charge is 2.33. The summed E-state index contributed by atoms with van der Waals surface area (Å²) in [7, 11) is -2.86. The standard InChI is InChI=1S/C11H20N2O2S/c1-9-8-16(14,15)7-6-13(9)11(12)10-4-2-3-5-10/h9-10,12H,2-8H2,1H3. The Bertz CT molecular complexity index is 371. The van der Waals surface area contributed by atoms with E-state index < -0.39 is 9.84 Å². The highest BCUT2D eigenvalue weighted by atomic mass is 32.2. The van der Waals surface area contributed by atoms with Gasteiger partial charge >= 0.3 is 0 Å². The molecule has 0 bridgehead atoms. The van der Waals surface area contributed by atoms with Crippen LogP contribution < -0.4 is 0 Å². The summed E-state index contributed by atoms with van der Waals surface area (Å²) in [4.78, 5) is 2.00. The second-order valence-corrected chi connectivity index (χ2v) is 7.25. The van der Waals surface area contributed by atoms with Gasteiger partial charge in [-0.1, -0.05) is 12.8 Å². The Morgan fingerprint density at radius 3 is 2.50 bits per heavy atom. The number of nitrogens with zero attached hydrogens (tertiary/aromatic N) is 1. The number of amidine groups is 1. The molecule has 0 spiro atoms. The van der Waals surface area contributed by atoms with Crippen molar-refractivity contribution in [3.05, 3.63) is 0 Å². The van der Waals surface area contributed by atoms with Crippen LogP contribution in [-0.4, -0.2) is 43.2 Å². The van der Waals surface area contributed by atoms with Crippen LogP contribution in [-0.2, 0) is 9.84 Å². The summed E-state index contributed by atoms with van der Waals surface area (Å²) in [5.74, 6) is 1.48. The molecule has 2 aliphatic rings. The Morgan fingerprint density at radius 2 is 1.94 bits per heavy atom. The van der Waals surface area contributed by atoms with E-state index >= 15 is 0 Å². The molecule has 5 heteroatoms. The van der Waals surface area contributed by atoms with Crippen molar-refractivity contribution in [2.75, 3.05) is 18.1 Å². The van der Waals surface area contributed by atoms with Crippen molar-refractivity contribution >= 4 is 15.7 Å². The van der Waals surface area contributed by atoms with Gasteiger partial charge in [0.2, 0.25) is 0 Å². The number of nitrogens with one attached hydrogen (secondary N) is 1. The van der Waals surface area contributed by atoms with Crippen LogP contribution in [0.15, 0.2) is 0 Å². The Morgan fingerprint density at radius 1 is 1.31 bits per heavy atom. The molecule has 1 heterocycles. The van der Waals surface area contributed by atoms with Crippen molar-refractivity contribution in [1.29, 1.82) is 5.41 Å². The topological polar surface area (TPSA) is 61.2 Å². The first-order chi connectivity index (χ1) is 7.49. The van der Waals surface area contributed by atoms with Crippen molar-refractivity contribution in [2.45, 2.75) is 38.6 Å². The van der Waals surface area contributed by atoms with E-state index in [4.69, 9.17) is 5.41 Å². The van der Waals surface area contributed by atoms with E-state index in [9.17, 15) is 8.42 Å². The van der Waals surface area contributed by atoms with Crippen LogP contribution in [0, 0.1) is 11.3 Å². The summed E-state index contributed by atoms with van der Waals surface area (Å²) in [5.41, 5.74) is 0. The normalized spacial score (nSPS) is 30.6. The Labute approximate surface area is 97.4 Å². The lowest BCUT2D eigenvalue weighted by Gasteiger charge is -2.37. The maximum absolute atomic E-state index is 11.5. The lowest BCUT2D eigenvalue weighted by Crippen LogP contribution is -2.51. The van der Waals surface area contributed by atoms with Crippen LogP contribution in [0.25, 0.3) is 0 Å². The Balaban J connectivity index is 2.02. The van der Waals surface area contributed by atoms with Gasteiger partial charge < -0.3 is 4.90 Å². The molecule has 0 aromatic carbocycles. The molecule has 0 amide bonds. The van der Waals surface area contributed by atoms with Crippen LogP contribution in [0.5, 0.6) is 0 Å². The van der Waals surface area contributed by atoms with E-state index in [-0.39, 0.29) is 17.5 Å². The minimum atomic E-state index is -2.86. The zero-order valence-electron chi connectivity index (χ0n) is 9.78. The van der Waals surface area contributed by atoms with Gasteiger partial charge in [0.15, 0.2) is 9.84 Å². The van der Waals surface area contributed by atoms with Gasteiger partial charge in [0, 0.05) is 18.5 Å². The average molecular weight is 244 g/mol. The molecule has 1 saturated heterocycles. The zero-order valence-corrected chi connectivity index (χ0v) is 10.6. The van der Waals surface area contributed by atoms with Crippen molar-refractivity contribution < 1.29 is 8.42 Å². The van der Waals surface area contributed by atoms with Crippen molar-refractivity contribution in [3.8, 4) is 0 Å². The van der Waals surface area contributed by atoms with Crippen LogP contribution in [0.2, 0.25) is 0 Å². The van der Waals surface area contributed by atoms with Gasteiger partial charge in [0.25, 0.3) is 0 Å². The molecule has 0 aromatic rings. The molecule has 1 N–H and O–H groups in total. The van der Waals surface area contributed by atoms with Crippen LogP contribution in [0.4, 0.5) is 0 Å². The van der Waals surface area contributed by atoms with Crippen LogP contribution in [0.1, 0.15) is 32.6 Å². The molecule has 92 valence electrons. The lowest BCUT2D eigenvalue weighted by molar-refractivity contribution is 0.331. The second-order valence-electron chi connectivity index (χ2n) is 5.02. The highest BCUT2D eigenvalue weighted by Crippen LogP contribution is 2.28. The first kappa shape index (κ1) is 11.9. The summed E-state index contributed by atoms with van der Waals surface area (Å²) < 4.78 is 22.9. The van der Waals surface area contributed by atoms with Crippen LogP contribution in [0.3, 0.4) is 0 Å². The molecule has 1 aliphatic heterocycles. The summed E-state index contributed by atoms with van der Waals surface area (Å²) >= 11 is 0. The van der Waals surface area contributed by atoms with E-state index in [0.29, 0.717) is 18.3 Å². The number of sulfone groups is 1. The molecule has 1 unspecified atom stereocenters. The Hall–Kier alpha value is -0.580. The predicted molar refractivity (Wildman–Crippen MR) is 64.5 cm³/mol. The van der Waals surface area contributed by atoms with Gasteiger partial charge in [-0.25, -0.2) is 8.42 Å². The predicted octanol–water partition coefficient (Wildman–Crippen LogP) is 1.27. The van der Waals surface area contributed by atoms with Gasteiger partial charge in [-0.15, -0.1) is 0 Å².